The minimum Gasteiger partial charge on any atom is -0.299 e. The standard InChI is InChI=1S/C10H14O/c1-9(2)7-4-5-10(9,3)8(11)6-7/h7H,1,3-6H2,2H3. The fraction of sp³-hybridized carbons (Fsp3) is 0.700. The Labute approximate surface area is 68.2 Å². The van der Waals surface area contributed by atoms with Crippen LogP contribution < -0.4 is 0 Å². The van der Waals surface area contributed by atoms with E-state index in [0.29, 0.717) is 11.7 Å². The molecule has 3 atom stereocenters. The van der Waals surface area contributed by atoms with Gasteiger partial charge in [0.1, 0.15) is 5.78 Å². The van der Waals surface area contributed by atoms with Gasteiger partial charge in [-0.3, -0.25) is 4.79 Å². The number of carbonyl (C=O) groups excluding carboxylic acids is 1. The zero-order valence-corrected chi connectivity index (χ0v) is 7.02. The SMILES string of the molecule is [CH2]C12CCC(CC1=O)C2([CH2])C. The van der Waals surface area contributed by atoms with E-state index in [-0.39, 0.29) is 10.8 Å². The third-order valence-electron chi connectivity index (χ3n) is 3.88. The minimum absolute atomic E-state index is 0.0793. The monoisotopic (exact) mass is 150 g/mol. The van der Waals surface area contributed by atoms with Crippen LogP contribution in [0.5, 0.6) is 0 Å². The summed E-state index contributed by atoms with van der Waals surface area (Å²) in [5, 5.41) is 0. The zero-order valence-electron chi connectivity index (χ0n) is 7.02. The summed E-state index contributed by atoms with van der Waals surface area (Å²) in [5.74, 6) is 0.846. The lowest BCUT2D eigenvalue weighted by atomic mass is 9.70. The number of ketones is 1. The molecule has 0 N–H and O–H groups in total. The van der Waals surface area contributed by atoms with Crippen LogP contribution in [0.1, 0.15) is 26.2 Å². The zero-order chi connectivity index (χ0) is 8.28. The van der Waals surface area contributed by atoms with Gasteiger partial charge < -0.3 is 0 Å². The van der Waals surface area contributed by atoms with Gasteiger partial charge in [0.15, 0.2) is 0 Å². The molecule has 2 bridgehead atoms. The Hall–Kier alpha value is -0.330. The van der Waals surface area contributed by atoms with Crippen LogP contribution in [0, 0.1) is 30.6 Å². The van der Waals surface area contributed by atoms with Crippen molar-refractivity contribution in [2.24, 2.45) is 16.7 Å². The van der Waals surface area contributed by atoms with E-state index in [9.17, 15) is 4.79 Å². The summed E-state index contributed by atoms with van der Waals surface area (Å²) in [6, 6.07) is 0. The average molecular weight is 150 g/mol. The van der Waals surface area contributed by atoms with E-state index < -0.39 is 0 Å². The topological polar surface area (TPSA) is 17.1 Å². The van der Waals surface area contributed by atoms with Gasteiger partial charge in [-0.15, -0.1) is 0 Å². The Kier molecular flexibility index (Phi) is 1.13. The second-order valence-electron chi connectivity index (χ2n) is 4.36. The van der Waals surface area contributed by atoms with Crippen LogP contribution >= 0.6 is 0 Å². The molecule has 2 aliphatic carbocycles. The van der Waals surface area contributed by atoms with Gasteiger partial charge in [0.05, 0.1) is 0 Å². The molecule has 2 fully saturated rings. The van der Waals surface area contributed by atoms with E-state index in [1.165, 1.54) is 0 Å². The molecule has 3 unspecified atom stereocenters. The number of rotatable bonds is 0. The highest BCUT2D eigenvalue weighted by Gasteiger charge is 2.61. The number of carbonyl (C=O) groups is 1. The minimum atomic E-state index is -0.336. The van der Waals surface area contributed by atoms with Gasteiger partial charge in [-0.2, -0.15) is 0 Å². The van der Waals surface area contributed by atoms with E-state index in [0.717, 1.165) is 19.3 Å². The van der Waals surface area contributed by atoms with Crippen molar-refractivity contribution < 1.29 is 4.79 Å². The molecule has 0 aromatic rings. The van der Waals surface area contributed by atoms with E-state index in [4.69, 9.17) is 0 Å². The van der Waals surface area contributed by atoms with Crippen LogP contribution in [-0.4, -0.2) is 5.78 Å². The first kappa shape index (κ1) is 7.33. The van der Waals surface area contributed by atoms with E-state index in [1.807, 2.05) is 0 Å². The van der Waals surface area contributed by atoms with Crippen LogP contribution in [0.2, 0.25) is 0 Å². The molecular weight excluding hydrogens is 136 g/mol. The van der Waals surface area contributed by atoms with Crippen molar-refractivity contribution in [3.8, 4) is 0 Å². The third kappa shape index (κ3) is 0.605. The molecule has 0 aromatic heterocycles. The lowest BCUT2D eigenvalue weighted by Gasteiger charge is -2.32. The van der Waals surface area contributed by atoms with Crippen molar-refractivity contribution in [3.63, 3.8) is 0 Å². The molecule has 0 spiro atoms. The number of hydrogen-bond donors (Lipinski definition) is 0. The second-order valence-corrected chi connectivity index (χ2v) is 4.36. The van der Waals surface area contributed by atoms with Crippen molar-refractivity contribution in [2.75, 3.05) is 0 Å². The second kappa shape index (κ2) is 1.70. The van der Waals surface area contributed by atoms with E-state index >= 15 is 0 Å². The molecule has 0 saturated heterocycles. The number of fused-ring (bicyclic) bond motifs is 2. The van der Waals surface area contributed by atoms with Crippen LogP contribution in [0.25, 0.3) is 0 Å². The Morgan fingerprint density at radius 3 is 2.36 bits per heavy atom. The Morgan fingerprint density at radius 2 is 2.18 bits per heavy atom. The van der Waals surface area contributed by atoms with Gasteiger partial charge in [-0.05, 0) is 38.0 Å². The summed E-state index contributed by atoms with van der Waals surface area (Å²) < 4.78 is 0. The summed E-state index contributed by atoms with van der Waals surface area (Å²) in [6.07, 6.45) is 2.83. The molecule has 1 heteroatoms. The number of Topliss-reactive ketones (excluding diaryl/α,β-unsaturated/α-hetero) is 1. The van der Waals surface area contributed by atoms with Crippen LogP contribution in [0.4, 0.5) is 0 Å². The summed E-state index contributed by atoms with van der Waals surface area (Å²) >= 11 is 0. The lowest BCUT2D eigenvalue weighted by molar-refractivity contribution is -0.126. The number of hydrogen-bond acceptors (Lipinski definition) is 1. The van der Waals surface area contributed by atoms with Crippen molar-refractivity contribution in [3.05, 3.63) is 13.8 Å². The third-order valence-corrected chi connectivity index (χ3v) is 3.88. The molecule has 0 amide bonds. The Morgan fingerprint density at radius 1 is 1.55 bits per heavy atom. The van der Waals surface area contributed by atoms with Gasteiger partial charge in [0, 0.05) is 11.8 Å². The van der Waals surface area contributed by atoms with Crippen molar-refractivity contribution in [1.29, 1.82) is 0 Å². The first-order valence-electron chi connectivity index (χ1n) is 4.22. The van der Waals surface area contributed by atoms with Gasteiger partial charge >= 0.3 is 0 Å². The average Bonchev–Trinajstić information content (AvgIpc) is 2.20. The lowest BCUT2D eigenvalue weighted by Crippen LogP contribution is -2.32. The Balaban J connectivity index is 2.47. The van der Waals surface area contributed by atoms with Crippen molar-refractivity contribution in [2.45, 2.75) is 26.2 Å². The quantitative estimate of drug-likeness (QED) is 0.516. The molecule has 1 nitrogen and oxygen atoms in total. The fourth-order valence-corrected chi connectivity index (χ4v) is 2.62. The Bertz CT molecular complexity index is 217. The van der Waals surface area contributed by atoms with Gasteiger partial charge in [0.25, 0.3) is 0 Å². The van der Waals surface area contributed by atoms with Gasteiger partial charge in [0.2, 0.25) is 0 Å². The molecule has 2 rings (SSSR count). The summed E-state index contributed by atoms with van der Waals surface area (Å²) in [6.45, 7) is 10.3. The van der Waals surface area contributed by atoms with Gasteiger partial charge in [-0.1, -0.05) is 6.92 Å². The first-order valence-corrected chi connectivity index (χ1v) is 4.22. The van der Waals surface area contributed by atoms with Gasteiger partial charge in [-0.25, -0.2) is 0 Å². The maximum atomic E-state index is 11.5. The van der Waals surface area contributed by atoms with E-state index in [1.54, 1.807) is 0 Å². The highest BCUT2D eigenvalue weighted by Crippen LogP contribution is 2.62. The maximum Gasteiger partial charge on any atom is 0.139 e. The molecule has 11 heavy (non-hydrogen) atoms. The highest BCUT2D eigenvalue weighted by molar-refractivity contribution is 5.90. The predicted octanol–water partition coefficient (Wildman–Crippen LogP) is 2.03. The summed E-state index contributed by atoms with van der Waals surface area (Å²) in [7, 11) is 0. The molecule has 2 saturated carbocycles. The highest BCUT2D eigenvalue weighted by atomic mass is 16.1. The molecule has 0 aliphatic heterocycles. The normalized spacial score (nSPS) is 46.8. The molecule has 0 heterocycles. The van der Waals surface area contributed by atoms with Crippen LogP contribution in [0.3, 0.4) is 0 Å². The van der Waals surface area contributed by atoms with Crippen molar-refractivity contribution >= 4 is 5.78 Å². The van der Waals surface area contributed by atoms with Crippen LogP contribution in [0.15, 0.2) is 0 Å². The molecule has 0 aromatic carbocycles. The maximum absolute atomic E-state index is 11.5. The van der Waals surface area contributed by atoms with Crippen LogP contribution in [-0.2, 0) is 4.79 Å². The first-order chi connectivity index (χ1) is 4.98. The smallest absolute Gasteiger partial charge is 0.139 e. The largest absolute Gasteiger partial charge is 0.299 e. The molecular formula is C10H14O. The van der Waals surface area contributed by atoms with E-state index in [2.05, 4.69) is 20.8 Å². The summed E-state index contributed by atoms with van der Waals surface area (Å²) in [4.78, 5) is 11.5. The summed E-state index contributed by atoms with van der Waals surface area (Å²) in [5.41, 5.74) is -0.415. The molecule has 60 valence electrons. The molecule has 2 radical (unpaired) electrons. The molecule has 2 aliphatic rings. The predicted molar refractivity (Wildman–Crippen MR) is 43.6 cm³/mol. The fourth-order valence-electron chi connectivity index (χ4n) is 2.62. The van der Waals surface area contributed by atoms with Crippen molar-refractivity contribution in [1.82, 2.24) is 0 Å².